The highest BCUT2D eigenvalue weighted by Crippen LogP contribution is 2.41. The SMILES string of the molecule is c1cc(-n2c3ccccc3c3ccccc32)nc(-n2c3ccccc3c3c4cc5c6ccccc6c6ccccc6n5c4ccc32)c1. The van der Waals surface area contributed by atoms with E-state index in [0.717, 1.165) is 33.7 Å². The molecule has 0 atom stereocenters. The van der Waals surface area contributed by atoms with E-state index in [1.54, 1.807) is 0 Å². The number of hydrogen-bond acceptors (Lipinski definition) is 1. The van der Waals surface area contributed by atoms with Crippen molar-refractivity contribution in [3.05, 3.63) is 158 Å². The van der Waals surface area contributed by atoms with E-state index < -0.39 is 0 Å². The Labute approximate surface area is 268 Å². The average molecular weight is 599 g/mol. The summed E-state index contributed by atoms with van der Waals surface area (Å²) in [6.45, 7) is 0. The molecule has 6 aromatic carbocycles. The molecular formula is C43H26N4. The lowest BCUT2D eigenvalue weighted by atomic mass is 10.0. The fourth-order valence-corrected chi connectivity index (χ4v) is 8.12. The smallest absolute Gasteiger partial charge is 0.140 e. The van der Waals surface area contributed by atoms with Crippen LogP contribution in [0.15, 0.2) is 158 Å². The molecule has 5 aromatic heterocycles. The molecule has 4 heteroatoms. The number of rotatable bonds is 2. The molecule has 0 unspecified atom stereocenters. The van der Waals surface area contributed by atoms with E-state index in [9.17, 15) is 0 Å². The van der Waals surface area contributed by atoms with Gasteiger partial charge in [-0.15, -0.1) is 0 Å². The van der Waals surface area contributed by atoms with Crippen LogP contribution in [0.2, 0.25) is 0 Å². The van der Waals surface area contributed by atoms with Crippen LogP contribution < -0.4 is 0 Å². The van der Waals surface area contributed by atoms with Crippen molar-refractivity contribution in [3.8, 4) is 11.6 Å². The predicted molar refractivity (Wildman–Crippen MR) is 196 cm³/mol. The number of fused-ring (bicyclic) bond motifs is 15. The van der Waals surface area contributed by atoms with Gasteiger partial charge in [-0.05, 0) is 60.0 Å². The van der Waals surface area contributed by atoms with Crippen molar-refractivity contribution < 1.29 is 0 Å². The van der Waals surface area contributed by atoms with E-state index in [4.69, 9.17) is 4.98 Å². The van der Waals surface area contributed by atoms with Crippen LogP contribution in [0, 0.1) is 0 Å². The molecule has 0 saturated carbocycles. The van der Waals surface area contributed by atoms with Crippen molar-refractivity contribution in [1.82, 2.24) is 18.5 Å². The molecule has 5 heterocycles. The van der Waals surface area contributed by atoms with Gasteiger partial charge in [-0.2, -0.15) is 0 Å². The summed E-state index contributed by atoms with van der Waals surface area (Å²) in [7, 11) is 0. The second kappa shape index (κ2) is 9.09. The number of hydrogen-bond donors (Lipinski definition) is 0. The molecule has 0 radical (unpaired) electrons. The van der Waals surface area contributed by atoms with Crippen molar-refractivity contribution in [3.63, 3.8) is 0 Å². The van der Waals surface area contributed by atoms with Crippen molar-refractivity contribution in [2.45, 2.75) is 0 Å². The fraction of sp³-hybridized carbons (Fsp3) is 0. The first-order valence-electron chi connectivity index (χ1n) is 16.1. The average Bonchev–Trinajstić information content (AvgIpc) is 3.80. The Morgan fingerprint density at radius 3 is 1.36 bits per heavy atom. The van der Waals surface area contributed by atoms with Crippen LogP contribution in [0.4, 0.5) is 0 Å². The lowest BCUT2D eigenvalue weighted by molar-refractivity contribution is 1.01. The molecule has 0 aliphatic heterocycles. The van der Waals surface area contributed by atoms with Crippen molar-refractivity contribution >= 4 is 81.7 Å². The molecule has 218 valence electrons. The van der Waals surface area contributed by atoms with E-state index in [2.05, 4.69) is 171 Å². The highest BCUT2D eigenvalue weighted by atomic mass is 15.1. The second-order valence-electron chi connectivity index (χ2n) is 12.4. The highest BCUT2D eigenvalue weighted by molar-refractivity contribution is 6.25. The minimum absolute atomic E-state index is 0.898. The van der Waals surface area contributed by atoms with Gasteiger partial charge in [-0.25, -0.2) is 4.98 Å². The Hall–Kier alpha value is -6.39. The summed E-state index contributed by atoms with van der Waals surface area (Å²) in [6.07, 6.45) is 0. The van der Waals surface area contributed by atoms with Gasteiger partial charge in [0.15, 0.2) is 0 Å². The topological polar surface area (TPSA) is 27.2 Å². The maximum Gasteiger partial charge on any atom is 0.140 e. The first-order chi connectivity index (χ1) is 23.3. The van der Waals surface area contributed by atoms with Crippen LogP contribution in [0.3, 0.4) is 0 Å². The molecular weight excluding hydrogens is 573 g/mol. The molecule has 0 bridgehead atoms. The van der Waals surface area contributed by atoms with Gasteiger partial charge in [0.05, 0.1) is 38.6 Å². The quantitative estimate of drug-likeness (QED) is 0.182. The number of para-hydroxylation sites is 4. The third-order valence-corrected chi connectivity index (χ3v) is 10.0. The van der Waals surface area contributed by atoms with Gasteiger partial charge in [-0.3, -0.25) is 9.13 Å². The molecule has 11 rings (SSSR count). The van der Waals surface area contributed by atoms with Crippen LogP contribution in [-0.2, 0) is 0 Å². The summed E-state index contributed by atoms with van der Waals surface area (Å²) in [5.41, 5.74) is 8.26. The molecule has 4 nitrogen and oxygen atoms in total. The Morgan fingerprint density at radius 1 is 0.298 bits per heavy atom. The van der Waals surface area contributed by atoms with E-state index in [1.165, 1.54) is 59.6 Å². The maximum absolute atomic E-state index is 5.38. The summed E-state index contributed by atoms with van der Waals surface area (Å²) in [5, 5.41) is 9.99. The molecule has 0 aliphatic rings. The Morgan fingerprint density at radius 2 is 0.723 bits per heavy atom. The van der Waals surface area contributed by atoms with Crippen LogP contribution in [0.1, 0.15) is 0 Å². The fourth-order valence-electron chi connectivity index (χ4n) is 8.12. The molecule has 0 N–H and O–H groups in total. The summed E-state index contributed by atoms with van der Waals surface area (Å²) in [4.78, 5) is 5.38. The lowest BCUT2D eigenvalue weighted by Gasteiger charge is -2.12. The van der Waals surface area contributed by atoms with E-state index >= 15 is 0 Å². The summed E-state index contributed by atoms with van der Waals surface area (Å²) < 4.78 is 7.07. The molecule has 47 heavy (non-hydrogen) atoms. The van der Waals surface area contributed by atoms with Crippen molar-refractivity contribution in [1.29, 1.82) is 0 Å². The van der Waals surface area contributed by atoms with Crippen LogP contribution in [0.5, 0.6) is 0 Å². The largest absolute Gasteiger partial charge is 0.309 e. The van der Waals surface area contributed by atoms with Crippen molar-refractivity contribution in [2.75, 3.05) is 0 Å². The normalized spacial score (nSPS) is 12.3. The van der Waals surface area contributed by atoms with Gasteiger partial charge < -0.3 is 4.40 Å². The summed E-state index contributed by atoms with van der Waals surface area (Å²) >= 11 is 0. The molecule has 0 aliphatic carbocycles. The zero-order chi connectivity index (χ0) is 30.6. The van der Waals surface area contributed by atoms with Gasteiger partial charge in [0, 0.05) is 37.7 Å². The zero-order valence-corrected chi connectivity index (χ0v) is 25.3. The van der Waals surface area contributed by atoms with Crippen molar-refractivity contribution in [2.24, 2.45) is 0 Å². The number of pyridine rings is 2. The Bertz CT molecular complexity index is 3030. The van der Waals surface area contributed by atoms with Gasteiger partial charge in [0.2, 0.25) is 0 Å². The predicted octanol–water partition coefficient (Wildman–Crippen LogP) is 11.0. The number of nitrogens with zero attached hydrogens (tertiary/aromatic N) is 4. The number of benzene rings is 6. The van der Waals surface area contributed by atoms with Crippen LogP contribution in [0.25, 0.3) is 93.3 Å². The highest BCUT2D eigenvalue weighted by Gasteiger charge is 2.20. The summed E-state index contributed by atoms with van der Waals surface area (Å²) in [6, 6.07) is 56.8. The maximum atomic E-state index is 5.38. The van der Waals surface area contributed by atoms with Gasteiger partial charge in [0.25, 0.3) is 0 Å². The number of aromatic nitrogens is 4. The van der Waals surface area contributed by atoms with Crippen LogP contribution in [-0.4, -0.2) is 18.5 Å². The zero-order valence-electron chi connectivity index (χ0n) is 25.3. The van der Waals surface area contributed by atoms with Crippen LogP contribution >= 0.6 is 0 Å². The monoisotopic (exact) mass is 598 g/mol. The van der Waals surface area contributed by atoms with E-state index in [1.807, 2.05) is 0 Å². The van der Waals surface area contributed by atoms with Gasteiger partial charge >= 0.3 is 0 Å². The minimum Gasteiger partial charge on any atom is -0.309 e. The first-order valence-corrected chi connectivity index (χ1v) is 16.1. The third kappa shape index (κ3) is 3.23. The molecule has 0 saturated heterocycles. The van der Waals surface area contributed by atoms with Gasteiger partial charge in [0.1, 0.15) is 11.6 Å². The standard InChI is InChI=1S/C43H26N4/c1-2-14-29-27(12-1)28-13-3-7-18-34(28)45-38-24-25-39-43(33(38)26-40(29)45)32-17-6-10-21-37(32)47(39)42-23-11-22-41(44-42)46-35-19-8-4-15-30(35)31-16-5-9-20-36(31)46/h1-26H. The summed E-state index contributed by atoms with van der Waals surface area (Å²) in [5.74, 6) is 1.80. The minimum atomic E-state index is 0.898. The molecule has 0 fully saturated rings. The molecule has 0 spiro atoms. The van der Waals surface area contributed by atoms with E-state index in [0.29, 0.717) is 0 Å². The third-order valence-electron chi connectivity index (χ3n) is 10.0. The molecule has 0 amide bonds. The second-order valence-corrected chi connectivity index (χ2v) is 12.4. The Kier molecular flexibility index (Phi) is 4.81. The first kappa shape index (κ1) is 24.9. The van der Waals surface area contributed by atoms with Gasteiger partial charge in [-0.1, -0.05) is 103 Å². The Balaban J connectivity index is 1.24. The lowest BCUT2D eigenvalue weighted by Crippen LogP contribution is -2.03. The van der Waals surface area contributed by atoms with E-state index in [-0.39, 0.29) is 0 Å². The molecule has 11 aromatic rings.